The third-order valence-corrected chi connectivity index (χ3v) is 3.07. The Labute approximate surface area is 111 Å². The van der Waals surface area contributed by atoms with E-state index in [9.17, 15) is 5.11 Å². The van der Waals surface area contributed by atoms with Crippen LogP contribution in [0, 0.1) is 0 Å². The van der Waals surface area contributed by atoms with Gasteiger partial charge in [-0.05, 0) is 37.7 Å². The molecule has 102 valence electrons. The molecule has 0 aliphatic heterocycles. The maximum atomic E-state index is 9.49. The Morgan fingerprint density at radius 3 is 2.56 bits per heavy atom. The number of ether oxygens (including phenoxy) is 1. The SMILES string of the molecule is CCCCC(O)OCCCCCc1ccccc1. The second kappa shape index (κ2) is 10.1. The fraction of sp³-hybridized carbons (Fsp3) is 0.625. The smallest absolute Gasteiger partial charge is 0.154 e. The van der Waals surface area contributed by atoms with Crippen LogP contribution in [0.5, 0.6) is 0 Å². The predicted octanol–water partition coefficient (Wildman–Crippen LogP) is 3.92. The van der Waals surface area contributed by atoms with Crippen molar-refractivity contribution in [2.24, 2.45) is 0 Å². The van der Waals surface area contributed by atoms with Crippen molar-refractivity contribution in [3.05, 3.63) is 35.9 Å². The molecule has 0 aliphatic rings. The Morgan fingerprint density at radius 2 is 1.83 bits per heavy atom. The molecule has 1 rings (SSSR count). The van der Waals surface area contributed by atoms with Crippen LogP contribution in [0.2, 0.25) is 0 Å². The maximum absolute atomic E-state index is 9.49. The number of hydrogen-bond acceptors (Lipinski definition) is 2. The molecule has 0 saturated carbocycles. The molecule has 1 unspecified atom stereocenters. The zero-order valence-corrected chi connectivity index (χ0v) is 11.5. The van der Waals surface area contributed by atoms with Gasteiger partial charge in [0.2, 0.25) is 0 Å². The van der Waals surface area contributed by atoms with E-state index in [1.165, 1.54) is 12.0 Å². The van der Waals surface area contributed by atoms with Gasteiger partial charge in [0.15, 0.2) is 6.29 Å². The molecule has 0 spiro atoms. The molecule has 0 aliphatic carbocycles. The summed E-state index contributed by atoms with van der Waals surface area (Å²) < 4.78 is 5.35. The number of unbranched alkanes of at least 4 members (excludes halogenated alkanes) is 3. The molecule has 0 amide bonds. The minimum absolute atomic E-state index is 0.556. The van der Waals surface area contributed by atoms with Gasteiger partial charge in [-0.1, -0.05) is 50.1 Å². The van der Waals surface area contributed by atoms with E-state index >= 15 is 0 Å². The number of aliphatic hydroxyl groups is 1. The molecule has 1 N–H and O–H groups in total. The molecular weight excluding hydrogens is 224 g/mol. The monoisotopic (exact) mass is 250 g/mol. The fourth-order valence-electron chi connectivity index (χ4n) is 1.93. The van der Waals surface area contributed by atoms with E-state index in [4.69, 9.17) is 4.74 Å². The number of aliphatic hydroxyl groups excluding tert-OH is 1. The van der Waals surface area contributed by atoms with Gasteiger partial charge in [-0.2, -0.15) is 0 Å². The van der Waals surface area contributed by atoms with Crippen LogP contribution in [-0.2, 0) is 11.2 Å². The van der Waals surface area contributed by atoms with Gasteiger partial charge in [0, 0.05) is 6.61 Å². The normalized spacial score (nSPS) is 12.6. The lowest BCUT2D eigenvalue weighted by atomic mass is 10.1. The molecule has 2 heteroatoms. The van der Waals surface area contributed by atoms with E-state index in [-0.39, 0.29) is 0 Å². The van der Waals surface area contributed by atoms with Gasteiger partial charge in [-0.25, -0.2) is 0 Å². The standard InChI is InChI=1S/C16H26O2/c1-2-3-13-16(17)18-14-9-5-8-12-15-10-6-4-7-11-15/h4,6-7,10-11,16-17H,2-3,5,8-9,12-14H2,1H3. The highest BCUT2D eigenvalue weighted by atomic mass is 16.6. The van der Waals surface area contributed by atoms with Crippen LogP contribution >= 0.6 is 0 Å². The Balaban J connectivity index is 1.93. The number of rotatable bonds is 10. The van der Waals surface area contributed by atoms with E-state index in [0.717, 1.165) is 38.5 Å². The average molecular weight is 250 g/mol. The molecule has 0 heterocycles. The largest absolute Gasteiger partial charge is 0.368 e. The average Bonchev–Trinajstić information content (AvgIpc) is 2.41. The Bertz CT molecular complexity index is 284. The summed E-state index contributed by atoms with van der Waals surface area (Å²) in [6, 6.07) is 10.6. The van der Waals surface area contributed by atoms with Crippen molar-refractivity contribution in [2.45, 2.75) is 58.2 Å². The van der Waals surface area contributed by atoms with Crippen molar-refractivity contribution in [1.82, 2.24) is 0 Å². The van der Waals surface area contributed by atoms with Gasteiger partial charge in [0.1, 0.15) is 0 Å². The van der Waals surface area contributed by atoms with Gasteiger partial charge in [0.25, 0.3) is 0 Å². The second-order valence-corrected chi connectivity index (χ2v) is 4.76. The van der Waals surface area contributed by atoms with Crippen molar-refractivity contribution in [3.8, 4) is 0 Å². The quantitative estimate of drug-likeness (QED) is 0.503. The summed E-state index contributed by atoms with van der Waals surface area (Å²) in [7, 11) is 0. The van der Waals surface area contributed by atoms with Gasteiger partial charge in [-0.15, -0.1) is 0 Å². The minimum Gasteiger partial charge on any atom is -0.368 e. The van der Waals surface area contributed by atoms with Gasteiger partial charge >= 0.3 is 0 Å². The lowest BCUT2D eigenvalue weighted by molar-refractivity contribution is -0.104. The highest BCUT2D eigenvalue weighted by Gasteiger charge is 2.02. The van der Waals surface area contributed by atoms with Crippen LogP contribution in [0.15, 0.2) is 30.3 Å². The van der Waals surface area contributed by atoms with Crippen LogP contribution in [0.25, 0.3) is 0 Å². The van der Waals surface area contributed by atoms with Crippen LogP contribution in [0.4, 0.5) is 0 Å². The Hall–Kier alpha value is -0.860. The highest BCUT2D eigenvalue weighted by Crippen LogP contribution is 2.07. The first-order valence-electron chi connectivity index (χ1n) is 7.16. The topological polar surface area (TPSA) is 29.5 Å². The fourth-order valence-corrected chi connectivity index (χ4v) is 1.93. The summed E-state index contributed by atoms with van der Waals surface area (Å²) in [4.78, 5) is 0. The van der Waals surface area contributed by atoms with Crippen LogP contribution in [0.1, 0.15) is 51.0 Å². The first-order valence-corrected chi connectivity index (χ1v) is 7.16. The van der Waals surface area contributed by atoms with Crippen molar-refractivity contribution in [2.75, 3.05) is 6.61 Å². The molecule has 0 radical (unpaired) electrons. The van der Waals surface area contributed by atoms with Crippen molar-refractivity contribution in [1.29, 1.82) is 0 Å². The van der Waals surface area contributed by atoms with E-state index < -0.39 is 6.29 Å². The van der Waals surface area contributed by atoms with Crippen molar-refractivity contribution in [3.63, 3.8) is 0 Å². The zero-order chi connectivity index (χ0) is 13.1. The predicted molar refractivity (Wildman–Crippen MR) is 75.5 cm³/mol. The molecule has 0 bridgehead atoms. The lowest BCUT2D eigenvalue weighted by Gasteiger charge is -2.11. The highest BCUT2D eigenvalue weighted by molar-refractivity contribution is 5.14. The summed E-state index contributed by atoms with van der Waals surface area (Å²) >= 11 is 0. The molecule has 1 aromatic carbocycles. The third kappa shape index (κ3) is 7.46. The minimum atomic E-state index is -0.556. The Kier molecular flexibility index (Phi) is 8.53. The van der Waals surface area contributed by atoms with Crippen LogP contribution in [-0.4, -0.2) is 18.0 Å². The van der Waals surface area contributed by atoms with Gasteiger partial charge in [-0.3, -0.25) is 0 Å². The summed E-state index contributed by atoms with van der Waals surface area (Å²) in [5.41, 5.74) is 1.40. The summed E-state index contributed by atoms with van der Waals surface area (Å²) in [6.45, 7) is 2.80. The molecule has 1 aromatic rings. The molecule has 0 saturated heterocycles. The summed E-state index contributed by atoms with van der Waals surface area (Å²) in [6.07, 6.45) is 6.88. The molecule has 18 heavy (non-hydrogen) atoms. The summed E-state index contributed by atoms with van der Waals surface area (Å²) in [5.74, 6) is 0. The zero-order valence-electron chi connectivity index (χ0n) is 11.5. The molecule has 2 nitrogen and oxygen atoms in total. The van der Waals surface area contributed by atoms with Crippen molar-refractivity contribution >= 4 is 0 Å². The van der Waals surface area contributed by atoms with E-state index in [1.54, 1.807) is 0 Å². The number of hydrogen-bond donors (Lipinski definition) is 1. The van der Waals surface area contributed by atoms with Gasteiger partial charge in [0.05, 0.1) is 0 Å². The third-order valence-electron chi connectivity index (χ3n) is 3.07. The molecular formula is C16H26O2. The van der Waals surface area contributed by atoms with Crippen LogP contribution in [0.3, 0.4) is 0 Å². The van der Waals surface area contributed by atoms with Gasteiger partial charge < -0.3 is 9.84 Å². The molecule has 1 atom stereocenters. The van der Waals surface area contributed by atoms with E-state index in [0.29, 0.717) is 6.61 Å². The van der Waals surface area contributed by atoms with E-state index in [2.05, 4.69) is 37.3 Å². The lowest BCUT2D eigenvalue weighted by Crippen LogP contribution is -2.12. The number of benzene rings is 1. The van der Waals surface area contributed by atoms with E-state index in [1.807, 2.05) is 0 Å². The first-order chi connectivity index (χ1) is 8.83. The second-order valence-electron chi connectivity index (χ2n) is 4.76. The first kappa shape index (κ1) is 15.2. The number of aryl methyl sites for hydroxylation is 1. The van der Waals surface area contributed by atoms with Crippen LogP contribution < -0.4 is 0 Å². The van der Waals surface area contributed by atoms with Crippen molar-refractivity contribution < 1.29 is 9.84 Å². The Morgan fingerprint density at radius 1 is 1.06 bits per heavy atom. The summed E-state index contributed by atoms with van der Waals surface area (Å²) in [5, 5.41) is 9.49. The molecule has 0 aromatic heterocycles. The molecule has 0 fully saturated rings. The maximum Gasteiger partial charge on any atom is 0.154 e.